The number of rotatable bonds is 3. The van der Waals surface area contributed by atoms with Crippen LogP contribution in [0.25, 0.3) is 10.9 Å². The van der Waals surface area contributed by atoms with E-state index in [1.807, 2.05) is 54.6 Å². The third-order valence-corrected chi connectivity index (χ3v) is 2.81. The summed E-state index contributed by atoms with van der Waals surface area (Å²) in [6, 6.07) is 16.9. The normalized spacial score (nSPS) is 11.2. The Morgan fingerprint density at radius 3 is 2.58 bits per heavy atom. The van der Waals surface area contributed by atoms with E-state index in [1.54, 1.807) is 0 Å². The molecule has 19 heavy (non-hydrogen) atoms. The lowest BCUT2D eigenvalue weighted by molar-refractivity contribution is 0.343. The minimum Gasteiger partial charge on any atom is -0.494 e. The number of hydrogen-bond donors (Lipinski definition) is 2. The average molecular weight is 252 g/mol. The van der Waals surface area contributed by atoms with Gasteiger partial charge in [0, 0.05) is 10.9 Å². The smallest absolute Gasteiger partial charge is 0.198 e. The fraction of sp³-hybridized carbons (Fsp3) is 0. The zero-order valence-electron chi connectivity index (χ0n) is 10.1. The number of nitrogens with one attached hydrogen (secondary N) is 1. The lowest BCUT2D eigenvalue weighted by Crippen LogP contribution is -1.86. The van der Waals surface area contributed by atoms with Crippen LogP contribution in [0.4, 0.5) is 0 Å². The quantitative estimate of drug-likeness (QED) is 0.555. The van der Waals surface area contributed by atoms with Crippen LogP contribution < -0.4 is 4.84 Å². The third-order valence-electron chi connectivity index (χ3n) is 2.81. The summed E-state index contributed by atoms with van der Waals surface area (Å²) >= 11 is 0. The zero-order valence-corrected chi connectivity index (χ0v) is 10.1. The van der Waals surface area contributed by atoms with Gasteiger partial charge >= 0.3 is 0 Å². The van der Waals surface area contributed by atoms with E-state index in [-0.39, 0.29) is 5.88 Å². The van der Waals surface area contributed by atoms with Gasteiger partial charge in [-0.15, -0.1) is 0 Å². The van der Waals surface area contributed by atoms with Gasteiger partial charge < -0.3 is 14.9 Å². The highest BCUT2D eigenvalue weighted by Gasteiger charge is 2.07. The van der Waals surface area contributed by atoms with E-state index in [4.69, 9.17) is 4.84 Å². The van der Waals surface area contributed by atoms with Gasteiger partial charge in [0.05, 0.1) is 11.8 Å². The number of aromatic nitrogens is 1. The maximum atomic E-state index is 9.83. The summed E-state index contributed by atoms with van der Waals surface area (Å²) in [7, 11) is 0. The fourth-order valence-corrected chi connectivity index (χ4v) is 1.90. The van der Waals surface area contributed by atoms with Gasteiger partial charge in [0.1, 0.15) is 0 Å². The molecular formula is C15H12N2O2. The second kappa shape index (κ2) is 4.86. The first-order valence-electron chi connectivity index (χ1n) is 5.90. The molecule has 4 heteroatoms. The van der Waals surface area contributed by atoms with Crippen molar-refractivity contribution in [2.75, 3.05) is 0 Å². The van der Waals surface area contributed by atoms with Gasteiger partial charge in [0.25, 0.3) is 0 Å². The van der Waals surface area contributed by atoms with Crippen molar-refractivity contribution >= 4 is 17.1 Å². The Morgan fingerprint density at radius 2 is 1.74 bits per heavy atom. The molecule has 4 nitrogen and oxygen atoms in total. The van der Waals surface area contributed by atoms with Gasteiger partial charge in [-0.2, -0.15) is 0 Å². The maximum absolute atomic E-state index is 9.83. The fourth-order valence-electron chi connectivity index (χ4n) is 1.90. The number of fused-ring (bicyclic) bond motifs is 1. The topological polar surface area (TPSA) is 57.6 Å². The second-order valence-corrected chi connectivity index (χ2v) is 4.07. The minimum absolute atomic E-state index is 0.0848. The predicted octanol–water partition coefficient (Wildman–Crippen LogP) is 3.29. The first-order chi connectivity index (χ1) is 9.34. The van der Waals surface area contributed by atoms with Crippen LogP contribution in [0.1, 0.15) is 5.56 Å². The number of aromatic hydroxyl groups is 1. The molecule has 1 heterocycles. The summed E-state index contributed by atoms with van der Waals surface area (Å²) < 4.78 is 0. The van der Waals surface area contributed by atoms with Crippen LogP contribution in [-0.4, -0.2) is 16.3 Å². The van der Waals surface area contributed by atoms with Crippen molar-refractivity contribution < 1.29 is 9.94 Å². The van der Waals surface area contributed by atoms with Crippen molar-refractivity contribution in [2.45, 2.75) is 0 Å². The lowest BCUT2D eigenvalue weighted by Gasteiger charge is -1.96. The molecule has 0 fully saturated rings. The Hall–Kier alpha value is -2.75. The van der Waals surface area contributed by atoms with Gasteiger partial charge in [-0.05, 0) is 18.2 Å². The van der Waals surface area contributed by atoms with E-state index >= 15 is 0 Å². The molecule has 94 valence electrons. The van der Waals surface area contributed by atoms with Gasteiger partial charge in [-0.3, -0.25) is 0 Å². The molecule has 0 saturated carbocycles. The van der Waals surface area contributed by atoms with Crippen LogP contribution >= 0.6 is 0 Å². The van der Waals surface area contributed by atoms with Crippen LogP contribution in [0.5, 0.6) is 11.6 Å². The highest BCUT2D eigenvalue weighted by atomic mass is 16.6. The van der Waals surface area contributed by atoms with Gasteiger partial charge in [-0.1, -0.05) is 41.6 Å². The average Bonchev–Trinajstić information content (AvgIpc) is 2.76. The van der Waals surface area contributed by atoms with Gasteiger partial charge in [0.15, 0.2) is 11.6 Å². The standard InChI is InChI=1S/C15H12N2O2/c18-15-13(12-8-4-5-9-14(12)17-15)10-16-19-11-6-2-1-3-7-11/h1-10,17-18H. The number of H-pyrrole nitrogens is 1. The van der Waals surface area contributed by atoms with E-state index in [1.165, 1.54) is 6.21 Å². The molecule has 0 spiro atoms. The van der Waals surface area contributed by atoms with Crippen molar-refractivity contribution in [1.29, 1.82) is 0 Å². The largest absolute Gasteiger partial charge is 0.494 e. The first kappa shape index (κ1) is 11.3. The molecule has 0 aliphatic heterocycles. The number of benzene rings is 2. The molecule has 0 bridgehead atoms. The monoisotopic (exact) mass is 252 g/mol. The molecule has 2 aromatic carbocycles. The molecule has 0 saturated heterocycles. The Kier molecular flexibility index (Phi) is 2.90. The van der Waals surface area contributed by atoms with E-state index in [0.717, 1.165) is 10.9 Å². The molecule has 1 aromatic heterocycles. The number of hydrogen-bond acceptors (Lipinski definition) is 3. The summed E-state index contributed by atoms with van der Waals surface area (Å²) in [5.41, 5.74) is 1.48. The van der Waals surface area contributed by atoms with E-state index in [9.17, 15) is 5.11 Å². The molecule has 0 aliphatic carbocycles. The summed E-state index contributed by atoms with van der Waals surface area (Å²) in [6.07, 6.45) is 1.50. The third kappa shape index (κ3) is 2.28. The van der Waals surface area contributed by atoms with Crippen molar-refractivity contribution in [2.24, 2.45) is 5.16 Å². The zero-order chi connectivity index (χ0) is 13.1. The lowest BCUT2D eigenvalue weighted by atomic mass is 10.2. The van der Waals surface area contributed by atoms with Gasteiger partial charge in [-0.25, -0.2) is 0 Å². The van der Waals surface area contributed by atoms with E-state index in [2.05, 4.69) is 10.1 Å². The van der Waals surface area contributed by atoms with Crippen molar-refractivity contribution in [3.8, 4) is 11.6 Å². The van der Waals surface area contributed by atoms with Crippen LogP contribution in [0.2, 0.25) is 0 Å². The summed E-state index contributed by atoms with van der Waals surface area (Å²) in [4.78, 5) is 8.11. The Balaban J connectivity index is 1.87. The number of nitrogens with zero attached hydrogens (tertiary/aromatic N) is 1. The number of para-hydroxylation sites is 2. The molecule has 3 rings (SSSR count). The first-order valence-corrected chi connectivity index (χ1v) is 5.90. The van der Waals surface area contributed by atoms with Crippen molar-refractivity contribution in [1.82, 2.24) is 4.98 Å². The highest BCUT2D eigenvalue weighted by Crippen LogP contribution is 2.25. The summed E-state index contributed by atoms with van der Waals surface area (Å²) in [5.74, 6) is 0.736. The SMILES string of the molecule is Oc1[nH]c2ccccc2c1C=NOc1ccccc1. The molecule has 0 amide bonds. The molecule has 3 aromatic rings. The van der Waals surface area contributed by atoms with Crippen LogP contribution in [-0.2, 0) is 0 Å². The summed E-state index contributed by atoms with van der Waals surface area (Å²) in [6.45, 7) is 0. The van der Waals surface area contributed by atoms with E-state index < -0.39 is 0 Å². The van der Waals surface area contributed by atoms with Crippen LogP contribution in [0, 0.1) is 0 Å². The molecular weight excluding hydrogens is 240 g/mol. The Bertz CT molecular complexity index is 717. The van der Waals surface area contributed by atoms with Crippen molar-refractivity contribution in [3.05, 3.63) is 60.2 Å². The molecule has 0 atom stereocenters. The Labute approximate surface area is 110 Å². The summed E-state index contributed by atoms with van der Waals surface area (Å²) in [5, 5.41) is 14.6. The number of aromatic amines is 1. The molecule has 0 unspecified atom stereocenters. The van der Waals surface area contributed by atoms with Crippen LogP contribution in [0.3, 0.4) is 0 Å². The van der Waals surface area contributed by atoms with Crippen LogP contribution in [0.15, 0.2) is 59.8 Å². The maximum Gasteiger partial charge on any atom is 0.198 e. The molecule has 2 N–H and O–H groups in total. The number of oxime groups is 1. The predicted molar refractivity (Wildman–Crippen MR) is 74.6 cm³/mol. The van der Waals surface area contributed by atoms with Crippen molar-refractivity contribution in [3.63, 3.8) is 0 Å². The second-order valence-electron chi connectivity index (χ2n) is 4.07. The Morgan fingerprint density at radius 1 is 1.00 bits per heavy atom. The highest BCUT2D eigenvalue weighted by molar-refractivity contribution is 6.01. The van der Waals surface area contributed by atoms with Gasteiger partial charge in [0.2, 0.25) is 0 Å². The molecule has 0 radical (unpaired) electrons. The minimum atomic E-state index is 0.0848. The van der Waals surface area contributed by atoms with E-state index in [0.29, 0.717) is 11.3 Å². The molecule has 0 aliphatic rings.